The van der Waals surface area contributed by atoms with Crippen LogP contribution in [0.5, 0.6) is 0 Å². The number of nitrogens with one attached hydrogen (secondary N) is 1. The summed E-state index contributed by atoms with van der Waals surface area (Å²) in [5.74, 6) is -2.43. The first kappa shape index (κ1) is 33.9. The van der Waals surface area contributed by atoms with E-state index in [0.717, 1.165) is 0 Å². The number of carboxylic acid groups (broad SMARTS) is 1. The van der Waals surface area contributed by atoms with E-state index in [0.29, 0.717) is 73.4 Å². The number of hydrogen-bond acceptors (Lipinski definition) is 10. The fourth-order valence-electron chi connectivity index (χ4n) is 7.10. The van der Waals surface area contributed by atoms with Gasteiger partial charge in [0.25, 0.3) is 0 Å². The Morgan fingerprint density at radius 2 is 1.90 bits per heavy atom. The third-order valence-corrected chi connectivity index (χ3v) is 10.8. The lowest BCUT2D eigenvalue weighted by molar-refractivity contribution is -0.142. The number of rotatable bonds is 8. The van der Waals surface area contributed by atoms with E-state index in [-0.39, 0.29) is 41.4 Å². The Bertz CT molecular complexity index is 1880. The highest BCUT2D eigenvalue weighted by atomic mass is 35.5. The highest BCUT2D eigenvalue weighted by Crippen LogP contribution is 2.38. The number of esters is 1. The molecule has 2 aromatic carbocycles. The van der Waals surface area contributed by atoms with Gasteiger partial charge in [0.05, 0.1) is 30.3 Å². The highest BCUT2D eigenvalue weighted by molar-refractivity contribution is 7.11. The van der Waals surface area contributed by atoms with Gasteiger partial charge in [-0.1, -0.05) is 17.7 Å². The van der Waals surface area contributed by atoms with Gasteiger partial charge in [-0.3, -0.25) is 19.6 Å². The number of carbonyl (C=O) groups excluding carboxylic acids is 2. The molecule has 7 rings (SSSR count). The fraction of sp³-hybridized carbons (Fsp3) is 0.382. The number of carboxylic acids is 1. The number of aliphatic imine (C=N–C) groups is 1. The van der Waals surface area contributed by atoms with E-state index in [9.17, 15) is 23.9 Å². The van der Waals surface area contributed by atoms with E-state index in [1.54, 1.807) is 28.6 Å². The first-order chi connectivity index (χ1) is 24.1. The third-order valence-electron chi connectivity index (χ3n) is 9.67. The lowest BCUT2D eigenvalue weighted by Gasteiger charge is -2.38. The van der Waals surface area contributed by atoms with Crippen LogP contribution >= 0.6 is 22.9 Å². The number of ether oxygens (including phenoxy) is 1. The topological polar surface area (TPSA) is 131 Å². The van der Waals surface area contributed by atoms with E-state index >= 15 is 4.39 Å². The van der Waals surface area contributed by atoms with Gasteiger partial charge in [0, 0.05) is 79.4 Å². The van der Waals surface area contributed by atoms with Gasteiger partial charge < -0.3 is 25.0 Å². The monoisotopic (exact) mass is 725 g/mol. The average Bonchev–Trinajstić information content (AvgIpc) is 3.76. The van der Waals surface area contributed by atoms with E-state index in [1.165, 1.54) is 47.6 Å². The number of halogens is 3. The summed E-state index contributed by atoms with van der Waals surface area (Å²) in [7, 11) is 1.28. The number of amidine groups is 1. The zero-order valence-electron chi connectivity index (χ0n) is 27.0. The SMILES string of the molecule is COC(=O)C1=C(CN2CCN3C(=O)N(c4ccc(N5CCC(C(=O)O)CC5)cc4F)C[C@@H]3C2)NC(c2nccs2)=N[C@H]1c1ccc(F)cc1Cl. The minimum Gasteiger partial charge on any atom is -0.481 e. The molecule has 2 amide bonds. The van der Waals surface area contributed by atoms with E-state index in [1.807, 2.05) is 4.90 Å². The van der Waals surface area contributed by atoms with Crippen molar-refractivity contribution in [1.82, 2.24) is 20.1 Å². The fourth-order valence-corrected chi connectivity index (χ4v) is 7.96. The van der Waals surface area contributed by atoms with Crippen molar-refractivity contribution in [2.75, 3.05) is 62.7 Å². The summed E-state index contributed by atoms with van der Waals surface area (Å²) in [6.07, 6.45) is 2.62. The lowest BCUT2D eigenvalue weighted by Crippen LogP contribution is -2.53. The van der Waals surface area contributed by atoms with Gasteiger partial charge in [-0.25, -0.2) is 23.4 Å². The summed E-state index contributed by atoms with van der Waals surface area (Å²) in [6, 6.07) is 7.32. The number of piperazine rings is 1. The second kappa shape index (κ2) is 14.0. The van der Waals surface area contributed by atoms with E-state index < -0.39 is 35.5 Å². The third kappa shape index (κ3) is 6.52. The van der Waals surface area contributed by atoms with Gasteiger partial charge in [-0.05, 0) is 43.2 Å². The van der Waals surface area contributed by atoms with Crippen LogP contribution in [0.25, 0.3) is 0 Å². The Balaban J connectivity index is 1.10. The van der Waals surface area contributed by atoms with Crippen molar-refractivity contribution in [2.24, 2.45) is 10.9 Å². The number of amides is 2. The van der Waals surface area contributed by atoms with Gasteiger partial charge in [-0.2, -0.15) is 0 Å². The van der Waals surface area contributed by atoms with Crippen molar-refractivity contribution >= 4 is 58.1 Å². The minimum atomic E-state index is -0.898. The van der Waals surface area contributed by atoms with Gasteiger partial charge in [0.15, 0.2) is 10.8 Å². The summed E-state index contributed by atoms with van der Waals surface area (Å²) in [4.78, 5) is 54.7. The molecule has 4 aliphatic rings. The first-order valence-corrected chi connectivity index (χ1v) is 17.5. The number of fused-ring (bicyclic) bond motifs is 1. The Morgan fingerprint density at radius 3 is 2.58 bits per heavy atom. The van der Waals surface area contributed by atoms with Crippen molar-refractivity contribution in [3.8, 4) is 0 Å². The number of anilines is 2. The van der Waals surface area contributed by atoms with E-state index in [2.05, 4.69) is 15.2 Å². The molecule has 3 fully saturated rings. The van der Waals surface area contributed by atoms with Crippen LogP contribution < -0.4 is 15.1 Å². The molecule has 3 saturated heterocycles. The quantitative estimate of drug-likeness (QED) is 0.322. The van der Waals surface area contributed by atoms with Crippen LogP contribution in [0, 0.1) is 17.6 Å². The molecule has 5 heterocycles. The van der Waals surface area contributed by atoms with Gasteiger partial charge >= 0.3 is 18.0 Å². The molecule has 0 radical (unpaired) electrons. The molecule has 0 spiro atoms. The van der Waals surface area contributed by atoms with Crippen LogP contribution in [0.4, 0.5) is 25.0 Å². The van der Waals surface area contributed by atoms with Gasteiger partial charge in [0.1, 0.15) is 17.7 Å². The normalized spacial score (nSPS) is 21.6. The van der Waals surface area contributed by atoms with E-state index in [4.69, 9.17) is 21.3 Å². The first-order valence-electron chi connectivity index (χ1n) is 16.2. The molecule has 0 aliphatic carbocycles. The molecule has 4 aliphatic heterocycles. The number of nitrogens with zero attached hydrogens (tertiary/aromatic N) is 6. The standard InChI is InChI=1S/C34H34ClF2N7O5S/c1-49-33(47)28-26(39-30(31-38-8-13-50-31)40-29(28)23-4-2-20(36)14-24(23)35)18-41-11-12-43-22(16-41)17-44(34(43)48)27-5-3-21(15-25(27)37)42-9-6-19(7-10-42)32(45)46/h2-5,8,13-15,19,22,29H,6-7,9-12,16-18H2,1H3,(H,39,40)(H,45,46)/t22-,29-/m0/s1. The molecule has 0 bridgehead atoms. The van der Waals surface area contributed by atoms with Crippen LogP contribution in [0.3, 0.4) is 0 Å². The second-order valence-corrected chi connectivity index (χ2v) is 13.9. The molecule has 262 valence electrons. The van der Waals surface area contributed by atoms with Crippen molar-refractivity contribution in [3.05, 3.63) is 86.5 Å². The predicted molar refractivity (Wildman–Crippen MR) is 184 cm³/mol. The highest BCUT2D eigenvalue weighted by Gasteiger charge is 2.43. The summed E-state index contributed by atoms with van der Waals surface area (Å²) in [6.45, 7) is 2.89. The number of thiazole rings is 1. The number of carbonyl (C=O) groups is 3. The number of hydrogen-bond donors (Lipinski definition) is 2. The maximum atomic E-state index is 15.6. The summed E-state index contributed by atoms with van der Waals surface area (Å²) >= 11 is 7.85. The molecule has 1 aromatic heterocycles. The number of aliphatic carboxylic acids is 1. The van der Waals surface area contributed by atoms with Crippen molar-refractivity contribution < 1.29 is 33.0 Å². The molecule has 0 saturated carbocycles. The number of urea groups is 1. The van der Waals surface area contributed by atoms with Gasteiger partial charge in [-0.15, -0.1) is 11.3 Å². The molecule has 12 nitrogen and oxygen atoms in total. The molecular weight excluding hydrogens is 692 g/mol. The second-order valence-electron chi connectivity index (χ2n) is 12.6. The minimum absolute atomic E-state index is 0.112. The number of piperidine rings is 1. The molecule has 0 unspecified atom stereocenters. The molecule has 50 heavy (non-hydrogen) atoms. The number of benzene rings is 2. The van der Waals surface area contributed by atoms with Crippen molar-refractivity contribution in [1.29, 1.82) is 0 Å². The maximum Gasteiger partial charge on any atom is 0.338 e. The summed E-state index contributed by atoms with van der Waals surface area (Å²) < 4.78 is 34.8. The lowest BCUT2D eigenvalue weighted by atomic mass is 9.95. The Labute approximate surface area is 295 Å². The molecule has 16 heteroatoms. The average molecular weight is 726 g/mol. The maximum absolute atomic E-state index is 15.6. The number of methoxy groups -OCH3 is 1. The van der Waals surface area contributed by atoms with Crippen LogP contribution in [0.1, 0.15) is 29.5 Å². The van der Waals surface area contributed by atoms with Crippen LogP contribution in [0.15, 0.2) is 64.2 Å². The van der Waals surface area contributed by atoms with Crippen LogP contribution in [-0.4, -0.2) is 103 Å². The predicted octanol–water partition coefficient (Wildman–Crippen LogP) is 4.52. The zero-order chi connectivity index (χ0) is 35.1. The largest absolute Gasteiger partial charge is 0.481 e. The Hall–Kier alpha value is -4.60. The van der Waals surface area contributed by atoms with Crippen molar-refractivity contribution in [2.45, 2.75) is 24.9 Å². The molecule has 2 atom stereocenters. The summed E-state index contributed by atoms with van der Waals surface area (Å²) in [5.41, 5.74) is 2.02. The number of aromatic nitrogens is 1. The zero-order valence-corrected chi connectivity index (χ0v) is 28.6. The Kier molecular flexibility index (Phi) is 9.46. The summed E-state index contributed by atoms with van der Waals surface area (Å²) in [5, 5.41) is 15.1. The smallest absolute Gasteiger partial charge is 0.338 e. The van der Waals surface area contributed by atoms with Crippen LogP contribution in [-0.2, 0) is 14.3 Å². The molecule has 2 N–H and O–H groups in total. The van der Waals surface area contributed by atoms with Gasteiger partial charge in [0.2, 0.25) is 0 Å². The van der Waals surface area contributed by atoms with Crippen LogP contribution in [0.2, 0.25) is 5.02 Å². The molecule has 3 aromatic rings. The molecular formula is C34H34ClF2N7O5S. The Morgan fingerprint density at radius 1 is 1.10 bits per heavy atom. The van der Waals surface area contributed by atoms with Crippen molar-refractivity contribution in [3.63, 3.8) is 0 Å².